The van der Waals surface area contributed by atoms with Gasteiger partial charge in [-0.25, -0.2) is 0 Å². The van der Waals surface area contributed by atoms with E-state index in [4.69, 9.17) is 123 Å². The number of hydrogen-bond donors (Lipinski definition) is 34. The summed E-state index contributed by atoms with van der Waals surface area (Å²) in [7, 11) is 4.32. The van der Waals surface area contributed by atoms with Crippen LogP contribution in [0, 0.1) is 0 Å². The Hall–Kier alpha value is -4.36. The van der Waals surface area contributed by atoms with E-state index < -0.39 is 465 Å². The van der Waals surface area contributed by atoms with Gasteiger partial charge in [0.2, 0.25) is 23.6 Å². The molecule has 4 amide bonds. The third-order valence-corrected chi connectivity index (χ3v) is 26.9. The number of aliphatic hydroxyl groups is 30. The first-order chi connectivity index (χ1) is 69.8. The molecule has 0 spiro atoms. The van der Waals surface area contributed by atoms with Crippen molar-refractivity contribution in [1.29, 1.82) is 0 Å². The van der Waals surface area contributed by atoms with Crippen LogP contribution in [0.5, 0.6) is 0 Å². The summed E-state index contributed by atoms with van der Waals surface area (Å²) in [5.41, 5.74) is 0. The Morgan fingerprint density at radius 3 is 1.01 bits per heavy atom. The van der Waals surface area contributed by atoms with Gasteiger partial charge in [-0.1, -0.05) is 0 Å². The molecule has 64 heteroatoms. The summed E-state index contributed by atoms with van der Waals surface area (Å²) in [6.45, 7) is -10.1. The number of aliphatic hydroxyl groups excluding tert-OH is 30. The Morgan fingerprint density at radius 2 is 0.578 bits per heavy atom. The van der Waals surface area contributed by atoms with E-state index in [-0.39, 0.29) is 0 Å². The van der Waals surface area contributed by atoms with E-state index >= 15 is 0 Å². The van der Waals surface area contributed by atoms with Gasteiger partial charge in [0, 0.05) is 56.1 Å². The molecule has 11 heterocycles. The van der Waals surface area contributed by atoms with Crippen LogP contribution in [-0.4, -0.2) is 647 Å². The summed E-state index contributed by atoms with van der Waals surface area (Å²) in [5.74, 6) is -4.01. The van der Waals surface area contributed by atoms with Gasteiger partial charge in [0.05, 0.1) is 91.9 Å². The zero-order chi connectivity index (χ0) is 108. The van der Waals surface area contributed by atoms with E-state index in [1.807, 2.05) is 0 Å². The van der Waals surface area contributed by atoms with Crippen molar-refractivity contribution >= 4 is 23.6 Å². The summed E-state index contributed by atoms with van der Waals surface area (Å²) in [6, 6.07) is -8.08. The normalized spacial score (nSPS) is 46.8. The first-order valence-corrected chi connectivity index (χ1v) is 47.0. The summed E-state index contributed by atoms with van der Waals surface area (Å²) < 4.78 is 156. The molecular formula is C83H142N4O60. The van der Waals surface area contributed by atoms with Gasteiger partial charge in [-0.3, -0.25) is 19.2 Å². The zero-order valence-electron chi connectivity index (χ0n) is 80.3. The van der Waals surface area contributed by atoms with E-state index in [0.29, 0.717) is 0 Å². The van der Waals surface area contributed by atoms with Crippen molar-refractivity contribution in [3.63, 3.8) is 0 Å². The van der Waals surface area contributed by atoms with Crippen LogP contribution < -0.4 is 21.3 Å². The third-order valence-electron chi connectivity index (χ3n) is 26.9. The second-order valence-corrected chi connectivity index (χ2v) is 36.9. The molecule has 147 heavy (non-hydrogen) atoms. The Balaban J connectivity index is 0.952. The zero-order valence-corrected chi connectivity index (χ0v) is 80.3. The van der Waals surface area contributed by atoms with Crippen molar-refractivity contribution in [2.75, 3.05) is 114 Å². The van der Waals surface area contributed by atoms with Crippen LogP contribution in [-0.2, 0) is 142 Å². The van der Waals surface area contributed by atoms with Crippen molar-refractivity contribution in [3.05, 3.63) is 0 Å². The fraction of sp³-hybridized carbons (Fsp3) is 0.952. The molecule has 0 aromatic rings. The van der Waals surface area contributed by atoms with Gasteiger partial charge < -0.3 is 298 Å². The van der Waals surface area contributed by atoms with Crippen molar-refractivity contribution in [2.45, 2.75) is 384 Å². The van der Waals surface area contributed by atoms with Crippen LogP contribution in [0.15, 0.2) is 0 Å². The molecule has 11 aliphatic heterocycles. The molecule has 0 saturated carbocycles. The van der Waals surface area contributed by atoms with Crippen LogP contribution in [0.2, 0.25) is 0 Å². The highest BCUT2D eigenvalue weighted by Gasteiger charge is 2.63. The van der Waals surface area contributed by atoms with Crippen molar-refractivity contribution in [1.82, 2.24) is 21.3 Å². The van der Waals surface area contributed by atoms with Crippen LogP contribution in [0.25, 0.3) is 0 Å². The first kappa shape index (κ1) is 123. The van der Waals surface area contributed by atoms with Gasteiger partial charge in [-0.05, 0) is 0 Å². The number of ether oxygens (including phenoxy) is 26. The predicted octanol–water partition coefficient (Wildman–Crippen LogP) is -23.7. The van der Waals surface area contributed by atoms with E-state index in [9.17, 15) is 172 Å². The monoisotopic (exact) mass is 2150 g/mol. The molecule has 0 aromatic carbocycles. The molecule has 0 bridgehead atoms. The quantitative estimate of drug-likeness (QED) is 0.0269. The van der Waals surface area contributed by atoms with Gasteiger partial charge in [0.15, 0.2) is 69.2 Å². The van der Waals surface area contributed by atoms with Crippen molar-refractivity contribution in [2.24, 2.45) is 0 Å². The SMILES string of the molecule is CO[C@H]1[C@@H](O)[C@@H](CO)O[C@@H](OC[C@H]2O[C@@H](OC[C@H]3O[C@@H](O[C@H]4[C@H](O)[C@@H](NC(C)=O)[C@H](O[C@@H]5[C@@H](O[C@H]6[C@H](O)[C@@H](CO[C@H]7O[C@H](CO)[C@@H](O)[C@H](O)[C@@H]7O)O[C@@H](O[C@H]7[C@H](O)[C@@H](NC(C)=O)[C@H](O[C@@H]([C@H](O)[C@H](CO)NC(C)=O)[C@H](O)CO)O[C@@H]7CO)[C@H]6O[C@@H]6OC[C@@H](O)[C@H](O)[C@H]6O)O[C@H](CO)[C@@H](O)[C@@H]5O)O[C@@H]4CO)[C@H](NC(C)=O)[C@@H](O[C@@H]4O[C@H](CO[C@@H]5O[C@H](CO)[C@H](O)[C@H](OC)[C@H]5O)[C@H](O)[C@H](OC)[C@H]4O)[C@H]3O)[C@H](O)[C@@H](OC)[C@H]2O)[C@@H]1O. The molecule has 0 aromatic heterocycles. The van der Waals surface area contributed by atoms with Crippen LogP contribution >= 0.6 is 0 Å². The maximum Gasteiger partial charge on any atom is 0.217 e. The van der Waals surface area contributed by atoms with Gasteiger partial charge in [0.25, 0.3) is 0 Å². The minimum absolute atomic E-state index is 0.774. The highest BCUT2D eigenvalue weighted by Crippen LogP contribution is 2.43. The molecule has 0 unspecified atom stereocenters. The fourth-order valence-electron chi connectivity index (χ4n) is 19.0. The minimum atomic E-state index is -2.60. The molecule has 11 saturated heterocycles. The number of carbonyl (C=O) groups is 4. The van der Waals surface area contributed by atoms with Crippen LogP contribution in [0.1, 0.15) is 27.7 Å². The molecule has 58 atom stereocenters. The number of rotatable bonds is 45. The number of hydrogen-bond acceptors (Lipinski definition) is 60. The van der Waals surface area contributed by atoms with Gasteiger partial charge in [-0.15, -0.1) is 0 Å². The van der Waals surface area contributed by atoms with Crippen molar-refractivity contribution < 1.29 is 296 Å². The van der Waals surface area contributed by atoms with E-state index in [1.165, 1.54) is 0 Å². The Labute approximate surface area is 835 Å². The average molecular weight is 2160 g/mol. The maximum absolute atomic E-state index is 13.8. The minimum Gasteiger partial charge on any atom is -0.394 e. The lowest BCUT2D eigenvalue weighted by atomic mass is 9.93. The summed E-state index contributed by atoms with van der Waals surface area (Å²) in [4.78, 5) is 53.0. The van der Waals surface area contributed by atoms with Gasteiger partial charge in [0.1, 0.15) is 281 Å². The lowest BCUT2D eigenvalue weighted by Gasteiger charge is -2.52. The molecule has 0 aliphatic carbocycles. The largest absolute Gasteiger partial charge is 0.394 e. The molecule has 11 rings (SSSR count). The van der Waals surface area contributed by atoms with Crippen LogP contribution in [0.3, 0.4) is 0 Å². The lowest BCUT2D eigenvalue weighted by molar-refractivity contribution is -0.411. The number of nitrogens with one attached hydrogen (secondary N) is 4. The van der Waals surface area contributed by atoms with Gasteiger partial charge >= 0.3 is 0 Å². The summed E-state index contributed by atoms with van der Waals surface area (Å²) in [6.07, 6.45) is -112. The second kappa shape index (κ2) is 55.5. The second-order valence-electron chi connectivity index (χ2n) is 36.9. The smallest absolute Gasteiger partial charge is 0.217 e. The number of methoxy groups -OCH3 is 4. The third kappa shape index (κ3) is 28.3. The molecule has 0 radical (unpaired) electrons. The summed E-state index contributed by atoms with van der Waals surface area (Å²) in [5, 5.41) is 350. The Kier molecular flexibility index (Phi) is 46.4. The van der Waals surface area contributed by atoms with E-state index in [0.717, 1.165) is 56.1 Å². The van der Waals surface area contributed by atoms with Crippen molar-refractivity contribution in [3.8, 4) is 0 Å². The Morgan fingerprint density at radius 1 is 0.272 bits per heavy atom. The van der Waals surface area contributed by atoms with E-state index in [2.05, 4.69) is 21.3 Å². The predicted molar refractivity (Wildman–Crippen MR) is 457 cm³/mol. The van der Waals surface area contributed by atoms with Crippen LogP contribution in [0.4, 0.5) is 0 Å². The maximum atomic E-state index is 13.8. The molecular weight excluding hydrogens is 2010 g/mol. The first-order valence-electron chi connectivity index (χ1n) is 47.0. The molecule has 11 aliphatic rings. The standard InChI is InChI=1S/C83H142N4O60/c1-22(96)84-26(9-88)42(102)62(27(100)10-89)141-73-39(85-23(2)97)53(113)64(34(16-95)135-73)143-83-72(147-77-56(116)43(103)28(101)17-126-77)70(51(111)38(140-83)21-127-76-57(117)54(114)44(104)29(11-90)131-76)145-82-71(55(115)45(105)30(12-91)134-82)146-74-40(86-24(3)98)52(112)63(33(15-94)136-74)142-75-41(87-25(4)99)65(144-81-61(121)69(125-8)50(110)37(139-81)20-129-79-59(119)67(123-6)47(107)32(14-93)133-79)48(108)35(137-75)18-130-80-60(120)68(124-7)49(109)36(138-80)19-128-78-58(118)66(122-5)46(106)31(13-92)132-78/h26-83,88-95,100-121H,9-21H2,1-8H3,(H,84,96)(H,85,97)(H,86,98)(H,87,99)/t26-,27+,28+,29+,30+,31+,32+,33+,34+,35+,36+,37+,38+,39+,40+,41+,42+,43-,44+,45+,46-,47-,48-,49-,50-,51+,52+,53+,54-,55-,56+,57-,58+,59+,60+,61+,62+,63+,64+,65+,66-,67-,68-,69-,70-,71-,72-,73-,74-,75-,76-,77-,78+,79+,80+,81-,82+,83-/m0/s1. The summed E-state index contributed by atoms with van der Waals surface area (Å²) >= 11 is 0. The molecule has 11 fully saturated rings. The molecule has 34 N–H and O–H groups in total. The van der Waals surface area contributed by atoms with E-state index in [1.54, 1.807) is 0 Å². The highest BCUT2D eigenvalue weighted by atomic mass is 16.8. The topological polar surface area (TPSA) is 963 Å². The molecule has 854 valence electrons. The van der Waals surface area contributed by atoms with Gasteiger partial charge in [-0.2, -0.15) is 0 Å². The average Bonchev–Trinajstić information content (AvgIpc) is 0.750. The molecule has 64 nitrogen and oxygen atoms in total. The fourth-order valence-corrected chi connectivity index (χ4v) is 19.0. The highest BCUT2D eigenvalue weighted by molar-refractivity contribution is 5.74. The lowest BCUT2D eigenvalue weighted by Crippen LogP contribution is -2.72. The number of amides is 4. The Bertz CT molecular complexity index is 3960. The number of carbonyl (C=O) groups excluding carboxylic acids is 4.